The number of carbonyl (C=O) groups excluding carboxylic acids is 1. The Kier molecular flexibility index (Phi) is 5.60. The molecule has 25 heavy (non-hydrogen) atoms. The quantitative estimate of drug-likeness (QED) is 0.833. The van der Waals surface area contributed by atoms with Crippen LogP contribution >= 0.6 is 0 Å². The van der Waals surface area contributed by atoms with Gasteiger partial charge >= 0.3 is 0 Å². The van der Waals surface area contributed by atoms with Gasteiger partial charge in [-0.05, 0) is 19.1 Å². The summed E-state index contributed by atoms with van der Waals surface area (Å²) in [6.07, 6.45) is 4.82. The third-order valence-electron chi connectivity index (χ3n) is 4.19. The maximum absolute atomic E-state index is 12.3. The van der Waals surface area contributed by atoms with Crippen molar-refractivity contribution in [2.24, 2.45) is 7.05 Å². The van der Waals surface area contributed by atoms with Gasteiger partial charge in [-0.2, -0.15) is 0 Å². The first-order chi connectivity index (χ1) is 12.1. The van der Waals surface area contributed by atoms with Crippen LogP contribution in [-0.4, -0.2) is 51.0 Å². The minimum atomic E-state index is -0.179. The fourth-order valence-electron chi connectivity index (χ4n) is 2.73. The molecule has 0 aliphatic carbocycles. The normalized spacial score (nSPS) is 20.2. The molecule has 0 spiro atoms. The van der Waals surface area contributed by atoms with Gasteiger partial charge in [-0.1, -0.05) is 0 Å². The van der Waals surface area contributed by atoms with Crippen molar-refractivity contribution in [3.8, 4) is 5.75 Å². The van der Waals surface area contributed by atoms with Crippen LogP contribution in [0.2, 0.25) is 0 Å². The number of aryl methyl sites for hydroxylation is 3. The van der Waals surface area contributed by atoms with Crippen LogP contribution < -0.4 is 10.1 Å². The molecule has 2 atom stereocenters. The molecule has 0 aromatic carbocycles. The molecule has 3 rings (SSSR count). The smallest absolute Gasteiger partial charge is 0.220 e. The molecule has 8 heteroatoms. The third kappa shape index (κ3) is 4.76. The van der Waals surface area contributed by atoms with Crippen molar-refractivity contribution in [1.82, 2.24) is 25.1 Å². The summed E-state index contributed by atoms with van der Waals surface area (Å²) in [5.74, 6) is 1.44. The van der Waals surface area contributed by atoms with E-state index >= 15 is 0 Å². The topological polar surface area (TPSA) is 91.2 Å². The number of hydrogen-bond acceptors (Lipinski definition) is 6. The Morgan fingerprint density at radius 1 is 1.48 bits per heavy atom. The fraction of sp³-hybridized carbons (Fsp3) is 0.529. The lowest BCUT2D eigenvalue weighted by molar-refractivity contribution is -0.124. The van der Waals surface area contributed by atoms with Gasteiger partial charge in [0, 0.05) is 32.0 Å². The molecule has 1 fully saturated rings. The van der Waals surface area contributed by atoms with E-state index in [1.165, 1.54) is 0 Å². The number of nitrogens with one attached hydrogen (secondary N) is 1. The molecule has 0 saturated carbocycles. The maximum atomic E-state index is 12.3. The second kappa shape index (κ2) is 8.06. The first-order valence-corrected chi connectivity index (χ1v) is 8.41. The predicted molar refractivity (Wildman–Crippen MR) is 90.1 cm³/mol. The monoisotopic (exact) mass is 345 g/mol. The van der Waals surface area contributed by atoms with Gasteiger partial charge in [-0.15, -0.1) is 10.2 Å². The lowest BCUT2D eigenvalue weighted by Gasteiger charge is -2.32. The molecule has 134 valence electrons. The average molecular weight is 345 g/mol. The minimum Gasteiger partial charge on any atom is -0.486 e. The summed E-state index contributed by atoms with van der Waals surface area (Å²) in [5, 5.41) is 10.8. The lowest BCUT2D eigenvalue weighted by Crippen LogP contribution is -2.51. The third-order valence-corrected chi connectivity index (χ3v) is 4.19. The fourth-order valence-corrected chi connectivity index (χ4v) is 2.73. The zero-order valence-corrected chi connectivity index (χ0v) is 14.5. The van der Waals surface area contributed by atoms with Crippen LogP contribution in [0.5, 0.6) is 5.75 Å². The van der Waals surface area contributed by atoms with Crippen LogP contribution in [0.1, 0.15) is 24.4 Å². The summed E-state index contributed by atoms with van der Waals surface area (Å²) in [5.41, 5.74) is 0.938. The highest BCUT2D eigenvalue weighted by Gasteiger charge is 2.29. The van der Waals surface area contributed by atoms with Crippen LogP contribution in [-0.2, 0) is 23.0 Å². The van der Waals surface area contributed by atoms with Gasteiger partial charge in [-0.3, -0.25) is 9.78 Å². The van der Waals surface area contributed by atoms with Crippen LogP contribution in [0.15, 0.2) is 24.7 Å². The largest absolute Gasteiger partial charge is 0.486 e. The number of aromatic nitrogens is 4. The molecular formula is C17H23N5O3. The van der Waals surface area contributed by atoms with Crippen molar-refractivity contribution < 1.29 is 14.3 Å². The molecule has 0 bridgehead atoms. The lowest BCUT2D eigenvalue weighted by atomic mass is 10.1. The zero-order valence-electron chi connectivity index (χ0n) is 14.5. The number of nitrogens with zero attached hydrogens (tertiary/aromatic N) is 4. The number of carbonyl (C=O) groups is 1. The molecule has 1 N–H and O–H groups in total. The van der Waals surface area contributed by atoms with Gasteiger partial charge < -0.3 is 19.4 Å². The van der Waals surface area contributed by atoms with Crippen molar-refractivity contribution in [2.75, 3.05) is 13.2 Å². The highest BCUT2D eigenvalue weighted by molar-refractivity contribution is 5.76. The first-order valence-electron chi connectivity index (χ1n) is 8.41. The van der Waals surface area contributed by atoms with E-state index in [0.717, 1.165) is 17.9 Å². The number of hydrogen-bond donors (Lipinski definition) is 1. The van der Waals surface area contributed by atoms with Crippen LogP contribution in [0.3, 0.4) is 0 Å². The summed E-state index contributed by atoms with van der Waals surface area (Å²) in [4.78, 5) is 16.5. The second-order valence-corrected chi connectivity index (χ2v) is 6.19. The van der Waals surface area contributed by atoms with Crippen LogP contribution in [0.25, 0.3) is 0 Å². The van der Waals surface area contributed by atoms with Crippen molar-refractivity contribution in [2.45, 2.75) is 38.3 Å². The van der Waals surface area contributed by atoms with E-state index in [2.05, 4.69) is 20.5 Å². The van der Waals surface area contributed by atoms with Crippen molar-refractivity contribution in [3.63, 3.8) is 0 Å². The Morgan fingerprint density at radius 2 is 2.36 bits per heavy atom. The number of pyridine rings is 1. The van der Waals surface area contributed by atoms with Crippen LogP contribution in [0.4, 0.5) is 0 Å². The van der Waals surface area contributed by atoms with Gasteiger partial charge in [-0.25, -0.2) is 0 Å². The second-order valence-electron chi connectivity index (χ2n) is 6.19. The van der Waals surface area contributed by atoms with E-state index in [4.69, 9.17) is 9.47 Å². The predicted octanol–water partition coefficient (Wildman–Crippen LogP) is 0.804. The van der Waals surface area contributed by atoms with Gasteiger partial charge in [0.1, 0.15) is 24.0 Å². The molecule has 0 radical (unpaired) electrons. The minimum absolute atomic E-state index is 0.0471. The van der Waals surface area contributed by atoms with E-state index in [0.29, 0.717) is 31.8 Å². The number of rotatable bonds is 6. The van der Waals surface area contributed by atoms with Gasteiger partial charge in [0.25, 0.3) is 0 Å². The Bertz CT molecular complexity index is 701. The van der Waals surface area contributed by atoms with E-state index in [1.54, 1.807) is 12.5 Å². The molecule has 2 aromatic heterocycles. The summed E-state index contributed by atoms with van der Waals surface area (Å²) in [6, 6.07) is 3.62. The van der Waals surface area contributed by atoms with Gasteiger partial charge in [0.2, 0.25) is 5.91 Å². The van der Waals surface area contributed by atoms with Gasteiger partial charge in [0.15, 0.2) is 0 Å². The highest BCUT2D eigenvalue weighted by Crippen LogP contribution is 2.18. The van der Waals surface area contributed by atoms with E-state index in [9.17, 15) is 4.79 Å². The van der Waals surface area contributed by atoms with Crippen molar-refractivity contribution >= 4 is 5.91 Å². The summed E-state index contributed by atoms with van der Waals surface area (Å²) < 4.78 is 13.3. The first kappa shape index (κ1) is 17.3. The summed E-state index contributed by atoms with van der Waals surface area (Å²) in [7, 11) is 1.86. The van der Waals surface area contributed by atoms with Crippen molar-refractivity contribution in [3.05, 3.63) is 36.2 Å². The molecule has 1 aliphatic heterocycles. The van der Waals surface area contributed by atoms with E-state index in [1.807, 2.05) is 30.7 Å². The summed E-state index contributed by atoms with van der Waals surface area (Å²) >= 11 is 0. The number of amides is 1. The SMILES string of the molecule is Cc1ccc(O[C@@H]2CCOC[C@@H]2NC(=O)CCc2nncn2C)cn1. The van der Waals surface area contributed by atoms with Crippen LogP contribution in [0, 0.1) is 6.92 Å². The maximum Gasteiger partial charge on any atom is 0.220 e. The Labute approximate surface area is 146 Å². The molecule has 1 aliphatic rings. The summed E-state index contributed by atoms with van der Waals surface area (Å²) in [6.45, 7) is 2.99. The average Bonchev–Trinajstić information content (AvgIpc) is 3.02. The van der Waals surface area contributed by atoms with E-state index < -0.39 is 0 Å². The molecule has 3 heterocycles. The highest BCUT2D eigenvalue weighted by atomic mass is 16.5. The molecule has 1 saturated heterocycles. The Balaban J connectivity index is 1.54. The molecule has 1 amide bonds. The Morgan fingerprint density at radius 3 is 3.08 bits per heavy atom. The zero-order chi connectivity index (χ0) is 17.6. The molecular weight excluding hydrogens is 322 g/mol. The number of ether oxygens (including phenoxy) is 2. The van der Waals surface area contributed by atoms with E-state index in [-0.39, 0.29) is 18.1 Å². The Hall–Kier alpha value is -2.48. The van der Waals surface area contributed by atoms with Crippen molar-refractivity contribution in [1.29, 1.82) is 0 Å². The standard InChI is InChI=1S/C17H23N5O3/c1-12-3-4-13(9-18-12)25-15-7-8-24-10-14(15)20-17(23)6-5-16-21-19-11-22(16)2/h3-4,9,11,14-15H,5-8,10H2,1-2H3,(H,20,23)/t14-,15+/m0/s1. The molecule has 8 nitrogen and oxygen atoms in total. The molecule has 0 unspecified atom stereocenters. The van der Waals surface area contributed by atoms with Gasteiger partial charge in [0.05, 0.1) is 25.5 Å². The molecule has 2 aromatic rings.